The van der Waals surface area contributed by atoms with E-state index in [1.165, 1.54) is 0 Å². The summed E-state index contributed by atoms with van der Waals surface area (Å²) in [4.78, 5) is 30.5. The van der Waals surface area contributed by atoms with E-state index in [4.69, 9.17) is 0 Å². The topological polar surface area (TPSA) is 72.5 Å². The molecule has 0 unspecified atom stereocenters. The summed E-state index contributed by atoms with van der Waals surface area (Å²) in [5.41, 5.74) is 3.56. The maximum Gasteiger partial charge on any atom is 0.253 e. The number of aromatic amines is 1. The van der Waals surface area contributed by atoms with Crippen molar-refractivity contribution < 1.29 is 9.59 Å². The zero-order chi connectivity index (χ0) is 21.8. The molecule has 0 saturated carbocycles. The molecule has 1 aliphatic heterocycles. The third kappa shape index (κ3) is 4.83. The number of para-hydroxylation sites is 1. The monoisotopic (exact) mass is 417 g/mol. The summed E-state index contributed by atoms with van der Waals surface area (Å²) >= 11 is 0. The van der Waals surface area contributed by atoms with E-state index >= 15 is 0 Å². The van der Waals surface area contributed by atoms with Crippen molar-refractivity contribution >= 4 is 34.9 Å². The molecule has 0 radical (unpaired) electrons. The molecule has 1 fully saturated rings. The fourth-order valence-corrected chi connectivity index (χ4v) is 3.74. The highest BCUT2D eigenvalue weighted by atomic mass is 16.2. The van der Waals surface area contributed by atoms with Gasteiger partial charge in [-0.3, -0.25) is 14.7 Å². The van der Waals surface area contributed by atoms with E-state index in [9.17, 15) is 9.59 Å². The molecule has 1 saturated heterocycles. The van der Waals surface area contributed by atoms with Gasteiger partial charge in [-0.1, -0.05) is 36.4 Å². The minimum Gasteiger partial charge on any atom is -0.338 e. The average molecular weight is 418 g/mol. The third-order valence-corrected chi connectivity index (χ3v) is 5.46. The van der Waals surface area contributed by atoms with Gasteiger partial charge in [0.25, 0.3) is 5.91 Å². The van der Waals surface area contributed by atoms with Crippen molar-refractivity contribution in [2.75, 3.05) is 46.8 Å². The lowest BCUT2D eigenvalue weighted by Crippen LogP contribution is -2.52. The maximum atomic E-state index is 12.8. The van der Waals surface area contributed by atoms with Crippen LogP contribution in [-0.2, 0) is 4.79 Å². The van der Waals surface area contributed by atoms with Crippen LogP contribution in [0.15, 0.2) is 48.5 Å². The van der Waals surface area contributed by atoms with E-state index in [1.54, 1.807) is 0 Å². The minimum atomic E-state index is 0.00790. The quantitative estimate of drug-likeness (QED) is 0.693. The predicted molar refractivity (Wildman–Crippen MR) is 123 cm³/mol. The molecule has 0 aliphatic carbocycles. The molecule has 0 atom stereocenters. The van der Waals surface area contributed by atoms with Crippen molar-refractivity contribution in [1.82, 2.24) is 24.9 Å². The van der Waals surface area contributed by atoms with Gasteiger partial charge in [0, 0.05) is 37.1 Å². The Labute approximate surface area is 181 Å². The highest BCUT2D eigenvalue weighted by Crippen LogP contribution is 2.18. The highest BCUT2D eigenvalue weighted by molar-refractivity contribution is 5.95. The number of rotatable bonds is 5. The Morgan fingerprint density at radius 1 is 0.968 bits per heavy atom. The first-order chi connectivity index (χ1) is 15.0. The SMILES string of the molecule is CN(C)CC(=O)N1CCN(C(=O)c2ccc(C=Cc3n[nH]c4ccccc34)cc2)CC1. The van der Waals surface area contributed by atoms with Crippen molar-refractivity contribution in [3.63, 3.8) is 0 Å². The third-order valence-electron chi connectivity index (χ3n) is 5.46. The summed E-state index contributed by atoms with van der Waals surface area (Å²) in [5.74, 6) is 0.117. The normalized spacial score (nSPS) is 14.7. The van der Waals surface area contributed by atoms with E-state index in [-0.39, 0.29) is 11.8 Å². The van der Waals surface area contributed by atoms with E-state index in [0.29, 0.717) is 38.3 Å². The number of nitrogens with one attached hydrogen (secondary N) is 1. The van der Waals surface area contributed by atoms with Gasteiger partial charge in [0.2, 0.25) is 5.91 Å². The van der Waals surface area contributed by atoms with E-state index in [0.717, 1.165) is 22.2 Å². The van der Waals surface area contributed by atoms with Crippen LogP contribution in [0.2, 0.25) is 0 Å². The second kappa shape index (κ2) is 9.14. The lowest BCUT2D eigenvalue weighted by Gasteiger charge is -2.35. The van der Waals surface area contributed by atoms with Crippen LogP contribution < -0.4 is 0 Å². The molecule has 0 spiro atoms. The number of amides is 2. The number of nitrogens with zero attached hydrogens (tertiary/aromatic N) is 4. The molecule has 7 nitrogen and oxygen atoms in total. The van der Waals surface area contributed by atoms with Gasteiger partial charge in [-0.2, -0.15) is 5.10 Å². The summed E-state index contributed by atoms with van der Waals surface area (Å²) in [5, 5.41) is 8.45. The maximum absolute atomic E-state index is 12.8. The standard InChI is InChI=1S/C24H27N5O2/c1-27(2)17-23(30)28-13-15-29(16-14-28)24(31)19-10-7-18(8-11-19)9-12-22-20-5-3-4-6-21(20)25-26-22/h3-12H,13-17H2,1-2H3,(H,25,26). The number of carbonyl (C=O) groups excluding carboxylic acids is 2. The molecule has 1 aromatic heterocycles. The van der Waals surface area contributed by atoms with Crippen LogP contribution in [0, 0.1) is 0 Å². The largest absolute Gasteiger partial charge is 0.338 e. The van der Waals surface area contributed by atoms with E-state index in [1.807, 2.05) is 89.5 Å². The van der Waals surface area contributed by atoms with Crippen LogP contribution in [-0.4, -0.2) is 83.5 Å². The van der Waals surface area contributed by atoms with Crippen molar-refractivity contribution in [1.29, 1.82) is 0 Å². The number of hydrogen-bond acceptors (Lipinski definition) is 4. The first-order valence-electron chi connectivity index (χ1n) is 10.4. The average Bonchev–Trinajstić information content (AvgIpc) is 3.20. The van der Waals surface area contributed by atoms with Crippen molar-refractivity contribution in [3.8, 4) is 0 Å². The summed E-state index contributed by atoms with van der Waals surface area (Å²) < 4.78 is 0. The number of H-pyrrole nitrogens is 1. The second-order valence-electron chi connectivity index (χ2n) is 8.02. The molecule has 1 aliphatic rings. The van der Waals surface area contributed by atoms with Gasteiger partial charge in [-0.25, -0.2) is 0 Å². The van der Waals surface area contributed by atoms with Gasteiger partial charge >= 0.3 is 0 Å². The number of benzene rings is 2. The van der Waals surface area contributed by atoms with Crippen LogP contribution in [0.1, 0.15) is 21.6 Å². The minimum absolute atomic E-state index is 0.00790. The molecule has 31 heavy (non-hydrogen) atoms. The van der Waals surface area contributed by atoms with Gasteiger partial charge in [-0.05, 0) is 43.9 Å². The molecule has 2 heterocycles. The van der Waals surface area contributed by atoms with Gasteiger partial charge in [0.1, 0.15) is 0 Å². The fraction of sp³-hybridized carbons (Fsp3) is 0.292. The van der Waals surface area contributed by atoms with Gasteiger partial charge in [0.05, 0.1) is 17.8 Å². The Morgan fingerprint density at radius 3 is 2.35 bits per heavy atom. The zero-order valence-corrected chi connectivity index (χ0v) is 17.9. The van der Waals surface area contributed by atoms with Gasteiger partial charge in [0.15, 0.2) is 0 Å². The Balaban J connectivity index is 1.36. The molecule has 0 bridgehead atoms. The lowest BCUT2D eigenvalue weighted by molar-refractivity contribution is -0.133. The Morgan fingerprint density at radius 2 is 1.65 bits per heavy atom. The second-order valence-corrected chi connectivity index (χ2v) is 8.02. The molecule has 4 rings (SSSR count). The van der Waals surface area contributed by atoms with Crippen LogP contribution in [0.4, 0.5) is 0 Å². The van der Waals surface area contributed by atoms with E-state index < -0.39 is 0 Å². The molecular weight excluding hydrogens is 390 g/mol. The molecule has 3 aromatic rings. The first-order valence-corrected chi connectivity index (χ1v) is 10.4. The number of aromatic nitrogens is 2. The number of fused-ring (bicyclic) bond motifs is 1. The molecular formula is C24H27N5O2. The Kier molecular flexibility index (Phi) is 6.13. The number of carbonyl (C=O) groups is 2. The summed E-state index contributed by atoms with van der Waals surface area (Å²) in [6.45, 7) is 2.68. The molecule has 160 valence electrons. The molecule has 2 aromatic carbocycles. The van der Waals surface area contributed by atoms with Crippen LogP contribution in [0.25, 0.3) is 23.1 Å². The summed E-state index contributed by atoms with van der Waals surface area (Å²) in [7, 11) is 3.76. The number of hydrogen-bond donors (Lipinski definition) is 1. The molecule has 7 heteroatoms. The van der Waals surface area contributed by atoms with Crippen molar-refractivity contribution in [3.05, 3.63) is 65.4 Å². The van der Waals surface area contributed by atoms with Crippen molar-refractivity contribution in [2.45, 2.75) is 0 Å². The smallest absolute Gasteiger partial charge is 0.253 e. The molecule has 2 amide bonds. The van der Waals surface area contributed by atoms with Crippen LogP contribution in [0.3, 0.4) is 0 Å². The van der Waals surface area contributed by atoms with Crippen LogP contribution in [0.5, 0.6) is 0 Å². The Hall–Kier alpha value is -3.45. The number of piperazine rings is 1. The zero-order valence-electron chi connectivity index (χ0n) is 17.9. The van der Waals surface area contributed by atoms with Crippen molar-refractivity contribution in [2.24, 2.45) is 0 Å². The van der Waals surface area contributed by atoms with Gasteiger partial charge in [-0.15, -0.1) is 0 Å². The summed E-state index contributed by atoms with van der Waals surface area (Å²) in [6, 6.07) is 15.6. The molecule has 1 N–H and O–H groups in total. The summed E-state index contributed by atoms with van der Waals surface area (Å²) in [6.07, 6.45) is 3.96. The van der Waals surface area contributed by atoms with E-state index in [2.05, 4.69) is 10.2 Å². The fourth-order valence-electron chi connectivity index (χ4n) is 3.74. The van der Waals surface area contributed by atoms with Crippen LogP contribution >= 0.6 is 0 Å². The number of likely N-dealkylation sites (N-methyl/N-ethyl adjacent to an activating group) is 1. The predicted octanol–water partition coefficient (Wildman–Crippen LogP) is 2.58. The Bertz CT molecular complexity index is 1090. The lowest BCUT2D eigenvalue weighted by atomic mass is 10.1. The van der Waals surface area contributed by atoms with Gasteiger partial charge < -0.3 is 14.7 Å². The first kappa shape index (κ1) is 20.8. The highest BCUT2D eigenvalue weighted by Gasteiger charge is 2.24.